The van der Waals surface area contributed by atoms with Gasteiger partial charge < -0.3 is 14.8 Å². The molecule has 0 spiro atoms. The second-order valence-corrected chi connectivity index (χ2v) is 9.48. The summed E-state index contributed by atoms with van der Waals surface area (Å²) in [7, 11) is 0. The first kappa shape index (κ1) is 22.9. The molecule has 0 aliphatic carbocycles. The summed E-state index contributed by atoms with van der Waals surface area (Å²) in [5, 5.41) is 3.23. The zero-order chi connectivity index (χ0) is 19.2. The highest BCUT2D eigenvalue weighted by Crippen LogP contribution is 2.18. The van der Waals surface area contributed by atoms with Crippen LogP contribution in [0.15, 0.2) is 0 Å². The van der Waals surface area contributed by atoms with E-state index in [0.717, 1.165) is 6.42 Å². The predicted octanol–water partition coefficient (Wildman–Crippen LogP) is 3.84. The van der Waals surface area contributed by atoms with Crippen LogP contribution >= 0.6 is 0 Å². The monoisotopic (exact) mass is 343 g/mol. The van der Waals surface area contributed by atoms with Crippen LogP contribution in [0.4, 0.5) is 0 Å². The van der Waals surface area contributed by atoms with Crippen LogP contribution in [0.25, 0.3) is 0 Å². The second kappa shape index (κ2) is 8.84. The topological polar surface area (TPSA) is 64.6 Å². The fourth-order valence-corrected chi connectivity index (χ4v) is 1.95. The Morgan fingerprint density at radius 1 is 0.875 bits per heavy atom. The Hall–Kier alpha value is -1.10. The first-order valence-electron chi connectivity index (χ1n) is 8.77. The molecule has 5 heteroatoms. The van der Waals surface area contributed by atoms with Gasteiger partial charge >= 0.3 is 11.9 Å². The molecule has 142 valence electrons. The number of esters is 2. The molecule has 0 rings (SSSR count). The minimum atomic E-state index is -0.549. The summed E-state index contributed by atoms with van der Waals surface area (Å²) in [5.41, 5.74) is -0.887. The van der Waals surface area contributed by atoms with Gasteiger partial charge in [-0.15, -0.1) is 0 Å². The van der Waals surface area contributed by atoms with Crippen molar-refractivity contribution in [3.05, 3.63) is 0 Å². The maximum absolute atomic E-state index is 12.4. The number of carbonyl (C=O) groups is 2. The summed E-state index contributed by atoms with van der Waals surface area (Å²) in [6.45, 7) is 18.2. The smallest absolute Gasteiger partial charge is 0.323 e. The molecule has 24 heavy (non-hydrogen) atoms. The van der Waals surface area contributed by atoms with E-state index in [9.17, 15) is 9.59 Å². The Labute approximate surface area is 147 Å². The highest BCUT2D eigenvalue weighted by atomic mass is 16.6. The maximum atomic E-state index is 12.4. The molecule has 0 amide bonds. The standard InChI is InChI=1S/C19H37NO4/c1-17(2,3)12-13-20-14(16(22)24-19(7,8)9)10-11-15(21)23-18(4,5)6/h14,20H,10-13H2,1-9H3/t14-/m0/s1. The fourth-order valence-electron chi connectivity index (χ4n) is 1.95. The Kier molecular flexibility index (Phi) is 8.43. The third-order valence-corrected chi connectivity index (χ3v) is 3.01. The lowest BCUT2D eigenvalue weighted by atomic mass is 9.92. The number of ether oxygens (including phenoxy) is 2. The Morgan fingerprint density at radius 2 is 1.38 bits per heavy atom. The third-order valence-electron chi connectivity index (χ3n) is 3.01. The van der Waals surface area contributed by atoms with Crippen molar-refractivity contribution in [1.82, 2.24) is 5.32 Å². The van der Waals surface area contributed by atoms with E-state index in [1.165, 1.54) is 0 Å². The van der Waals surface area contributed by atoms with Crippen LogP contribution in [-0.2, 0) is 19.1 Å². The van der Waals surface area contributed by atoms with Crippen LogP contribution in [0, 0.1) is 5.41 Å². The van der Waals surface area contributed by atoms with E-state index in [0.29, 0.717) is 13.0 Å². The van der Waals surface area contributed by atoms with E-state index in [4.69, 9.17) is 9.47 Å². The summed E-state index contributed by atoms with van der Waals surface area (Å²) >= 11 is 0. The molecule has 0 aromatic heterocycles. The molecule has 0 fully saturated rings. The van der Waals surface area contributed by atoms with Gasteiger partial charge in [0.15, 0.2) is 0 Å². The van der Waals surface area contributed by atoms with Gasteiger partial charge in [-0.05, 0) is 66.3 Å². The zero-order valence-electron chi connectivity index (χ0n) is 17.0. The zero-order valence-corrected chi connectivity index (χ0v) is 17.0. The van der Waals surface area contributed by atoms with Crippen molar-refractivity contribution in [3.63, 3.8) is 0 Å². The summed E-state index contributed by atoms with van der Waals surface area (Å²) < 4.78 is 10.8. The third kappa shape index (κ3) is 13.3. The first-order valence-corrected chi connectivity index (χ1v) is 8.77. The highest BCUT2D eigenvalue weighted by molar-refractivity contribution is 5.77. The van der Waals surface area contributed by atoms with Crippen LogP contribution in [0.2, 0.25) is 0 Å². The normalized spacial score (nSPS) is 14.2. The van der Waals surface area contributed by atoms with Gasteiger partial charge in [-0.3, -0.25) is 9.59 Å². The molecule has 0 aromatic rings. The van der Waals surface area contributed by atoms with E-state index in [1.807, 2.05) is 41.5 Å². The fraction of sp³-hybridized carbons (Fsp3) is 0.895. The molecular formula is C19H37NO4. The second-order valence-electron chi connectivity index (χ2n) is 9.48. The van der Waals surface area contributed by atoms with E-state index >= 15 is 0 Å². The van der Waals surface area contributed by atoms with E-state index in [1.54, 1.807) is 0 Å². The Morgan fingerprint density at radius 3 is 1.79 bits per heavy atom. The van der Waals surface area contributed by atoms with Crippen LogP contribution < -0.4 is 5.32 Å². The first-order chi connectivity index (χ1) is 10.6. The maximum Gasteiger partial charge on any atom is 0.323 e. The van der Waals surface area contributed by atoms with Crippen LogP contribution in [0.3, 0.4) is 0 Å². The van der Waals surface area contributed by atoms with Crippen LogP contribution in [-0.4, -0.2) is 35.7 Å². The van der Waals surface area contributed by atoms with Crippen molar-refractivity contribution in [2.75, 3.05) is 6.54 Å². The molecule has 0 saturated heterocycles. The number of nitrogens with one attached hydrogen (secondary N) is 1. The van der Waals surface area contributed by atoms with Gasteiger partial charge in [-0.2, -0.15) is 0 Å². The summed E-state index contributed by atoms with van der Waals surface area (Å²) in [6.07, 6.45) is 1.48. The molecule has 0 bridgehead atoms. The molecule has 1 atom stereocenters. The van der Waals surface area contributed by atoms with Crippen LogP contribution in [0.5, 0.6) is 0 Å². The largest absolute Gasteiger partial charge is 0.460 e. The van der Waals surface area contributed by atoms with Crippen molar-refractivity contribution >= 4 is 11.9 Å². The molecule has 0 aliphatic heterocycles. The van der Waals surface area contributed by atoms with Gasteiger partial charge in [0.2, 0.25) is 0 Å². The SMILES string of the molecule is CC(C)(C)CCN[C@@H](CCC(=O)OC(C)(C)C)C(=O)OC(C)(C)C. The van der Waals surface area contributed by atoms with Gasteiger partial charge in [0, 0.05) is 6.42 Å². The number of carbonyl (C=O) groups excluding carboxylic acids is 2. The molecule has 5 nitrogen and oxygen atoms in total. The minimum Gasteiger partial charge on any atom is -0.460 e. The van der Waals surface area contributed by atoms with Gasteiger partial charge in [0.1, 0.15) is 17.2 Å². The predicted molar refractivity (Wildman–Crippen MR) is 96.8 cm³/mol. The van der Waals surface area contributed by atoms with E-state index in [-0.39, 0.29) is 23.8 Å². The van der Waals surface area contributed by atoms with Crippen molar-refractivity contribution in [2.45, 2.75) is 98.8 Å². The summed E-state index contributed by atoms with van der Waals surface area (Å²) in [6, 6.07) is -0.501. The quantitative estimate of drug-likeness (QED) is 0.711. The van der Waals surface area contributed by atoms with E-state index in [2.05, 4.69) is 26.1 Å². The van der Waals surface area contributed by atoms with Gasteiger partial charge in [-0.1, -0.05) is 20.8 Å². The van der Waals surface area contributed by atoms with Crippen molar-refractivity contribution in [2.24, 2.45) is 5.41 Å². The molecule has 0 unspecified atom stereocenters. The summed E-state index contributed by atoms with van der Waals surface area (Å²) in [5.74, 6) is -0.617. The highest BCUT2D eigenvalue weighted by Gasteiger charge is 2.27. The lowest BCUT2D eigenvalue weighted by molar-refractivity contribution is -0.158. The molecule has 1 N–H and O–H groups in total. The Bertz CT molecular complexity index is 411. The van der Waals surface area contributed by atoms with E-state index < -0.39 is 17.2 Å². The lowest BCUT2D eigenvalue weighted by Crippen LogP contribution is -2.42. The van der Waals surface area contributed by atoms with Gasteiger partial charge in [-0.25, -0.2) is 0 Å². The molecule has 0 aliphatic rings. The molecule has 0 radical (unpaired) electrons. The Balaban J connectivity index is 4.68. The minimum absolute atomic E-state index is 0.177. The molecule has 0 saturated carbocycles. The number of hydrogen-bond acceptors (Lipinski definition) is 5. The van der Waals surface area contributed by atoms with Gasteiger partial charge in [0.25, 0.3) is 0 Å². The molecule has 0 heterocycles. The number of hydrogen-bond donors (Lipinski definition) is 1. The van der Waals surface area contributed by atoms with Crippen LogP contribution in [0.1, 0.15) is 81.6 Å². The average molecular weight is 344 g/mol. The lowest BCUT2D eigenvalue weighted by Gasteiger charge is -2.26. The van der Waals surface area contributed by atoms with Crippen molar-refractivity contribution in [3.8, 4) is 0 Å². The molecule has 0 aromatic carbocycles. The van der Waals surface area contributed by atoms with Crippen molar-refractivity contribution < 1.29 is 19.1 Å². The average Bonchev–Trinajstić information content (AvgIpc) is 2.27. The number of rotatable bonds is 7. The van der Waals surface area contributed by atoms with Crippen molar-refractivity contribution in [1.29, 1.82) is 0 Å². The molecular weight excluding hydrogens is 306 g/mol. The van der Waals surface area contributed by atoms with Gasteiger partial charge in [0.05, 0.1) is 0 Å². The summed E-state index contributed by atoms with van der Waals surface area (Å²) in [4.78, 5) is 24.3.